The standard InChI is InChI=1S/C29H23F6N5O5/c1-27(2,3)45-26(44)40-25(36)39-23(42)17-10-16(11-18(13-17)28(30,31)32)5-4-15-6-8-21(29(33,34)35)20(12-15)24(43)38-22-9-7-19(41)14-37-22/h6-14,41H,1-3H3,(H,37,38,43)(H3,36,39,40,42,44). The number of halogens is 6. The van der Waals surface area contributed by atoms with E-state index in [9.17, 15) is 45.8 Å². The molecule has 16 heteroatoms. The molecule has 0 saturated carbocycles. The summed E-state index contributed by atoms with van der Waals surface area (Å²) in [5, 5.41) is 23.0. The van der Waals surface area contributed by atoms with E-state index in [2.05, 4.69) is 22.1 Å². The minimum atomic E-state index is -4.96. The Labute approximate surface area is 251 Å². The third-order valence-electron chi connectivity index (χ3n) is 5.30. The highest BCUT2D eigenvalue weighted by molar-refractivity contribution is 6.08. The number of amides is 3. The second kappa shape index (κ2) is 13.0. The molecule has 3 amide bonds. The number of alkyl carbamates (subject to hydrolysis) is 1. The maximum atomic E-state index is 13.6. The molecule has 0 unspecified atom stereocenters. The van der Waals surface area contributed by atoms with Gasteiger partial charge in [0, 0.05) is 16.7 Å². The van der Waals surface area contributed by atoms with E-state index in [0.29, 0.717) is 18.2 Å². The molecule has 236 valence electrons. The van der Waals surface area contributed by atoms with E-state index in [1.807, 2.05) is 10.6 Å². The molecule has 10 nitrogen and oxygen atoms in total. The first kappa shape index (κ1) is 33.9. The van der Waals surface area contributed by atoms with E-state index in [-0.39, 0.29) is 22.7 Å². The van der Waals surface area contributed by atoms with Crippen LogP contribution in [0.2, 0.25) is 0 Å². The lowest BCUT2D eigenvalue weighted by Gasteiger charge is -2.19. The molecule has 0 saturated heterocycles. The lowest BCUT2D eigenvalue weighted by Crippen LogP contribution is -2.45. The van der Waals surface area contributed by atoms with Crippen molar-refractivity contribution in [2.75, 3.05) is 5.32 Å². The predicted octanol–water partition coefficient (Wildman–Crippen LogP) is 5.67. The monoisotopic (exact) mass is 635 g/mol. The highest BCUT2D eigenvalue weighted by Crippen LogP contribution is 2.33. The van der Waals surface area contributed by atoms with Crippen LogP contribution in [-0.4, -0.2) is 39.6 Å². The molecule has 0 aliphatic rings. The van der Waals surface area contributed by atoms with Crippen LogP contribution in [0.5, 0.6) is 5.75 Å². The smallest absolute Gasteiger partial charge is 0.417 e. The molecule has 0 atom stereocenters. The van der Waals surface area contributed by atoms with Gasteiger partial charge in [0.05, 0.1) is 22.9 Å². The quantitative estimate of drug-likeness (QED) is 0.108. The van der Waals surface area contributed by atoms with Crippen molar-refractivity contribution in [2.45, 2.75) is 38.7 Å². The summed E-state index contributed by atoms with van der Waals surface area (Å²) in [7, 11) is 0. The van der Waals surface area contributed by atoms with Crippen LogP contribution in [0.1, 0.15) is 63.7 Å². The van der Waals surface area contributed by atoms with Crippen molar-refractivity contribution in [1.82, 2.24) is 15.6 Å². The van der Waals surface area contributed by atoms with Crippen molar-refractivity contribution in [3.8, 4) is 17.6 Å². The number of hydrogen-bond acceptors (Lipinski definition) is 7. The third-order valence-corrected chi connectivity index (χ3v) is 5.30. The molecule has 1 aromatic heterocycles. The first-order valence-corrected chi connectivity index (χ1v) is 12.5. The number of hydrogen-bond donors (Lipinski definition) is 5. The highest BCUT2D eigenvalue weighted by atomic mass is 19.4. The van der Waals surface area contributed by atoms with Crippen molar-refractivity contribution >= 4 is 29.7 Å². The molecule has 0 fully saturated rings. The molecular weight excluding hydrogens is 612 g/mol. The Balaban J connectivity index is 1.94. The molecule has 0 aliphatic heterocycles. The lowest BCUT2D eigenvalue weighted by molar-refractivity contribution is -0.138. The molecule has 5 N–H and O–H groups in total. The summed E-state index contributed by atoms with van der Waals surface area (Å²) in [6.45, 7) is 4.61. The predicted molar refractivity (Wildman–Crippen MR) is 147 cm³/mol. The Kier molecular flexibility index (Phi) is 9.76. The zero-order chi connectivity index (χ0) is 33.7. The normalized spacial score (nSPS) is 11.5. The summed E-state index contributed by atoms with van der Waals surface area (Å²) in [6.07, 6.45) is -10.1. The number of aromatic hydroxyl groups is 1. The lowest BCUT2D eigenvalue weighted by atomic mass is 10.0. The molecule has 0 spiro atoms. The maximum Gasteiger partial charge on any atom is 0.417 e. The number of pyridine rings is 1. The number of alkyl halides is 6. The third kappa shape index (κ3) is 9.99. The molecule has 45 heavy (non-hydrogen) atoms. The molecule has 1 heterocycles. The summed E-state index contributed by atoms with van der Waals surface area (Å²) in [5.41, 5.74) is -5.64. The van der Waals surface area contributed by atoms with Gasteiger partial charge in [0.2, 0.25) is 5.96 Å². The van der Waals surface area contributed by atoms with Crippen molar-refractivity contribution in [2.24, 2.45) is 0 Å². The van der Waals surface area contributed by atoms with E-state index in [1.165, 1.54) is 20.8 Å². The molecule has 2 aromatic carbocycles. The van der Waals surface area contributed by atoms with Gasteiger partial charge in [0.15, 0.2) is 0 Å². The zero-order valence-electron chi connectivity index (χ0n) is 23.5. The average Bonchev–Trinajstić information content (AvgIpc) is 2.90. The van der Waals surface area contributed by atoms with Crippen LogP contribution >= 0.6 is 0 Å². The topological polar surface area (TPSA) is 154 Å². The Bertz CT molecular complexity index is 1700. The fourth-order valence-electron chi connectivity index (χ4n) is 3.46. The van der Waals surface area contributed by atoms with E-state index < -0.39 is 64.1 Å². The first-order chi connectivity index (χ1) is 20.7. The average molecular weight is 636 g/mol. The summed E-state index contributed by atoms with van der Waals surface area (Å²) < 4.78 is 86.6. The number of nitrogens with one attached hydrogen (secondary N) is 4. The van der Waals surface area contributed by atoms with Gasteiger partial charge >= 0.3 is 18.4 Å². The summed E-state index contributed by atoms with van der Waals surface area (Å²) >= 11 is 0. The number of guanidine groups is 1. The van der Waals surface area contributed by atoms with E-state index in [0.717, 1.165) is 36.5 Å². The van der Waals surface area contributed by atoms with Crippen LogP contribution < -0.4 is 16.0 Å². The van der Waals surface area contributed by atoms with E-state index in [4.69, 9.17) is 10.1 Å². The molecule has 0 bridgehead atoms. The van der Waals surface area contributed by atoms with Crippen LogP contribution in [-0.2, 0) is 17.1 Å². The van der Waals surface area contributed by atoms with Gasteiger partial charge < -0.3 is 15.2 Å². The second-order valence-electron chi connectivity index (χ2n) is 10.1. The van der Waals surface area contributed by atoms with Gasteiger partial charge in [-0.3, -0.25) is 25.6 Å². The Morgan fingerprint density at radius 2 is 1.51 bits per heavy atom. The fraction of sp³-hybridized carbons (Fsp3) is 0.207. The molecule has 3 aromatic rings. The zero-order valence-corrected chi connectivity index (χ0v) is 23.5. The van der Waals surface area contributed by atoms with Crippen LogP contribution in [0.4, 0.5) is 37.0 Å². The molecule has 0 aliphatic carbocycles. The Morgan fingerprint density at radius 3 is 2.09 bits per heavy atom. The van der Waals surface area contributed by atoms with E-state index in [1.54, 1.807) is 0 Å². The van der Waals surface area contributed by atoms with Crippen LogP contribution in [0.15, 0.2) is 54.7 Å². The highest BCUT2D eigenvalue weighted by Gasteiger charge is 2.35. The Hall–Kier alpha value is -5.59. The van der Waals surface area contributed by atoms with Crippen molar-refractivity contribution in [3.63, 3.8) is 0 Å². The number of carbonyl (C=O) groups excluding carboxylic acids is 3. The van der Waals surface area contributed by atoms with Crippen molar-refractivity contribution in [1.29, 1.82) is 5.41 Å². The van der Waals surface area contributed by atoms with Crippen LogP contribution in [0.25, 0.3) is 0 Å². The van der Waals surface area contributed by atoms with Crippen molar-refractivity contribution < 1.29 is 50.6 Å². The minimum Gasteiger partial charge on any atom is -0.506 e. The van der Waals surface area contributed by atoms with Gasteiger partial charge in [0.1, 0.15) is 17.2 Å². The first-order valence-electron chi connectivity index (χ1n) is 12.5. The molecular formula is C29H23F6N5O5. The minimum absolute atomic E-state index is 0.174. The maximum absolute atomic E-state index is 13.6. The van der Waals surface area contributed by atoms with Gasteiger partial charge in [-0.2, -0.15) is 26.3 Å². The van der Waals surface area contributed by atoms with Crippen molar-refractivity contribution in [3.05, 3.63) is 88.1 Å². The molecule has 3 rings (SSSR count). The number of benzene rings is 2. The second-order valence-corrected chi connectivity index (χ2v) is 10.1. The van der Waals surface area contributed by atoms with Gasteiger partial charge in [0.25, 0.3) is 11.8 Å². The SMILES string of the molecule is CC(C)(C)OC(=O)NC(=N)NC(=O)c1cc(C#Cc2ccc(C(F)(F)F)c(C(=O)Nc3ccc(O)cn3)c2)cc(C(F)(F)F)c1. The number of carbonyl (C=O) groups is 3. The summed E-state index contributed by atoms with van der Waals surface area (Å²) in [6, 6.07) is 6.50. The summed E-state index contributed by atoms with van der Waals surface area (Å²) in [4.78, 5) is 40.8. The summed E-state index contributed by atoms with van der Waals surface area (Å²) in [5.74, 6) is 0.937. The molecule has 0 radical (unpaired) electrons. The number of nitrogens with zero attached hydrogens (tertiary/aromatic N) is 1. The number of aromatic nitrogens is 1. The van der Waals surface area contributed by atoms with Gasteiger partial charge in [-0.05, 0) is 69.3 Å². The number of ether oxygens (including phenoxy) is 1. The number of anilines is 1. The number of rotatable bonds is 3. The fourth-order valence-corrected chi connectivity index (χ4v) is 3.46. The largest absolute Gasteiger partial charge is 0.506 e. The Morgan fingerprint density at radius 1 is 0.844 bits per heavy atom. The van der Waals surface area contributed by atoms with Gasteiger partial charge in [-0.15, -0.1) is 0 Å². The van der Waals surface area contributed by atoms with Gasteiger partial charge in [-0.25, -0.2) is 9.78 Å². The van der Waals surface area contributed by atoms with E-state index >= 15 is 0 Å². The van der Waals surface area contributed by atoms with Crippen LogP contribution in [0, 0.1) is 17.3 Å². The van der Waals surface area contributed by atoms with Crippen LogP contribution in [0.3, 0.4) is 0 Å². The van der Waals surface area contributed by atoms with Gasteiger partial charge in [-0.1, -0.05) is 11.8 Å².